The van der Waals surface area contributed by atoms with Crippen LogP contribution in [0.5, 0.6) is 0 Å². The van der Waals surface area contributed by atoms with E-state index in [-0.39, 0.29) is 69.2 Å². The van der Waals surface area contributed by atoms with Crippen LogP contribution in [0.1, 0.15) is 405 Å². The molecule has 10 heteroatoms. The molecule has 0 saturated heterocycles. The monoisotopic (exact) mass is 1620 g/mol. The molecule has 0 bridgehead atoms. The largest absolute Gasteiger partial charge is 0.206 e. The van der Waals surface area contributed by atoms with E-state index in [4.69, 9.17) is 0 Å². The van der Waals surface area contributed by atoms with E-state index < -0.39 is 51.8 Å². The summed E-state index contributed by atoms with van der Waals surface area (Å²) >= 11 is 0. The normalized spacial score (nSPS) is 23.6. The van der Waals surface area contributed by atoms with Gasteiger partial charge in [0.25, 0.3) is 0 Å². The Labute approximate surface area is 718 Å². The number of nitrogens with zero attached hydrogens (tertiary/aromatic N) is 5. The Morgan fingerprint density at radius 1 is 0.269 bits per heavy atom. The predicted octanol–water partition coefficient (Wildman–Crippen LogP) is 31.8. The summed E-state index contributed by atoms with van der Waals surface area (Å²) in [6.07, 6.45) is 54.5. The van der Waals surface area contributed by atoms with Crippen LogP contribution in [-0.4, -0.2) is 0 Å². The molecule has 6 atom stereocenters. The SMILES string of the molecule is CCCCCCCCCC1CCC(C(C(Cc2ccc(C#N)c(F)c2)C2CCC(CCCC)CC2)(C(Cc2ccc(C#N)c(F)c2)C2CCC(CCCCCC)CC2)C(c2ccc(C#N)c(F)c2)(C(Cc2ccc(C#N)c(F)c2)C2CCC(CCCCCCC)CC2)C(Cc2ccc(C#N)c(F)c2)C2CCC(CCCCCCCC)CC2)CC1. The number of rotatable bonds is 48. The third-order valence-corrected chi connectivity index (χ3v) is 31.8. The topological polar surface area (TPSA) is 119 Å². The summed E-state index contributed by atoms with van der Waals surface area (Å²) in [5.41, 5.74) is 1.56. The molecule has 646 valence electrons. The van der Waals surface area contributed by atoms with E-state index in [2.05, 4.69) is 71.0 Å². The van der Waals surface area contributed by atoms with E-state index in [1.54, 1.807) is 54.6 Å². The van der Waals surface area contributed by atoms with Gasteiger partial charge in [-0.1, -0.05) is 315 Å². The lowest BCUT2D eigenvalue weighted by Crippen LogP contribution is -2.70. The highest BCUT2D eigenvalue weighted by molar-refractivity contribution is 5.46. The van der Waals surface area contributed by atoms with E-state index in [0.717, 1.165) is 233 Å². The van der Waals surface area contributed by atoms with Crippen LogP contribution in [0.15, 0.2) is 91.0 Å². The van der Waals surface area contributed by atoms with Crippen LogP contribution < -0.4 is 0 Å². The first kappa shape index (κ1) is 94.4. The first-order chi connectivity index (χ1) is 58.1. The van der Waals surface area contributed by atoms with Gasteiger partial charge in [0.2, 0.25) is 0 Å². The molecule has 6 unspecified atom stereocenters. The molecule has 10 rings (SSSR count). The van der Waals surface area contributed by atoms with Crippen LogP contribution in [0.4, 0.5) is 22.0 Å². The number of hydrogen-bond acceptors (Lipinski definition) is 5. The Kier molecular flexibility index (Phi) is 39.3. The summed E-state index contributed by atoms with van der Waals surface area (Å²) < 4.78 is 90.3. The maximum Gasteiger partial charge on any atom is 0.141 e. The molecule has 5 nitrogen and oxygen atoms in total. The number of halogens is 5. The van der Waals surface area contributed by atoms with Gasteiger partial charge in [0.1, 0.15) is 59.4 Å². The molecule has 5 fully saturated rings. The van der Waals surface area contributed by atoms with Crippen molar-refractivity contribution in [3.63, 3.8) is 0 Å². The summed E-state index contributed by atoms with van der Waals surface area (Å²) in [5.74, 6) is -2.26. The molecule has 5 aliphatic rings. The maximum absolute atomic E-state index is 19.4. The molecule has 5 aromatic rings. The van der Waals surface area contributed by atoms with Crippen LogP contribution in [-0.2, 0) is 31.1 Å². The van der Waals surface area contributed by atoms with Gasteiger partial charge in [0, 0.05) is 5.41 Å². The van der Waals surface area contributed by atoms with Gasteiger partial charge in [-0.2, -0.15) is 26.3 Å². The Balaban J connectivity index is 1.43. The van der Waals surface area contributed by atoms with Crippen molar-refractivity contribution in [3.05, 3.63) is 176 Å². The highest BCUT2D eigenvalue weighted by atomic mass is 19.1. The maximum atomic E-state index is 19.4. The Bertz CT molecular complexity index is 3930. The van der Waals surface area contributed by atoms with Gasteiger partial charge in [-0.15, -0.1) is 0 Å². The van der Waals surface area contributed by atoms with E-state index in [1.807, 2.05) is 30.3 Å². The number of hydrogen-bond donors (Lipinski definition) is 0. The van der Waals surface area contributed by atoms with Crippen LogP contribution in [0, 0.1) is 174 Å². The molecule has 0 heterocycles. The van der Waals surface area contributed by atoms with Crippen LogP contribution in [0.25, 0.3) is 0 Å². The molecule has 0 amide bonds. The Morgan fingerprint density at radius 3 is 0.765 bits per heavy atom. The Hall–Kier alpha value is -6.80. The van der Waals surface area contributed by atoms with Crippen LogP contribution >= 0.6 is 0 Å². The van der Waals surface area contributed by atoms with E-state index in [1.165, 1.54) is 109 Å². The fourth-order valence-electron chi connectivity index (χ4n) is 25.7. The molecule has 0 aliphatic heterocycles. The van der Waals surface area contributed by atoms with Gasteiger partial charge in [0.15, 0.2) is 0 Å². The van der Waals surface area contributed by atoms with Crippen molar-refractivity contribution in [3.8, 4) is 30.3 Å². The predicted molar refractivity (Wildman–Crippen MR) is 478 cm³/mol. The summed E-state index contributed by atoms with van der Waals surface area (Å²) in [6.45, 7) is 11.4. The summed E-state index contributed by atoms with van der Waals surface area (Å²) in [7, 11) is 0. The minimum absolute atomic E-state index is 0.00671. The quantitative estimate of drug-likeness (QED) is 0.0284. The van der Waals surface area contributed by atoms with Gasteiger partial charge in [0.05, 0.1) is 27.8 Å². The number of unbranched alkanes of at least 4 members (excludes halogenated alkanes) is 19. The highest BCUT2D eigenvalue weighted by Gasteiger charge is 2.71. The zero-order valence-corrected chi connectivity index (χ0v) is 74.3. The second-order valence-electron chi connectivity index (χ2n) is 39.1. The average Bonchev–Trinajstić information content (AvgIpc) is 0.669. The highest BCUT2D eigenvalue weighted by Crippen LogP contribution is 2.74. The minimum Gasteiger partial charge on any atom is -0.206 e. The molecule has 0 aromatic heterocycles. The smallest absolute Gasteiger partial charge is 0.141 e. The standard InChI is InChI=1S/C109H150F5N5/c1-6-11-16-20-22-25-29-34-83-47-62-97(63-48-83)108(99(65-84-43-57-92(74-115)103(110)69-84)88-49-35-79(36-50-88)30-15-10-5,100(66-85-44-58-93(75-116)104(111)70-85)89-51-37-80(38-52-89)31-26-19-14-9-4)109(98-64-61-96(78-119)107(114)73-98,101(67-86-45-59-94(76-117)105(112)71-86)90-53-39-81(40-54-90)32-27-23-18-13-8-3)102(68-87-46-60-95(77-118)106(113)72-87)91-55-41-82(42-56-91)33-28-24-21-17-12-7-2/h43-46,57-61,64,69-73,79-83,88-91,97,99-102H,6-42,47-56,62-63,65-68H2,1-5H3. The minimum atomic E-state index is -1.23. The van der Waals surface area contributed by atoms with Crippen molar-refractivity contribution in [2.45, 2.75) is 380 Å². The van der Waals surface area contributed by atoms with Crippen molar-refractivity contribution >= 4 is 0 Å². The average molecular weight is 1630 g/mol. The van der Waals surface area contributed by atoms with Gasteiger partial charge in [-0.25, -0.2) is 22.0 Å². The molecular weight excluding hydrogens is 1470 g/mol. The van der Waals surface area contributed by atoms with Crippen LogP contribution in [0.3, 0.4) is 0 Å². The number of nitriles is 5. The zero-order valence-electron chi connectivity index (χ0n) is 74.3. The Morgan fingerprint density at radius 2 is 0.496 bits per heavy atom. The van der Waals surface area contributed by atoms with Crippen LogP contribution in [0.2, 0.25) is 0 Å². The third-order valence-electron chi connectivity index (χ3n) is 31.8. The van der Waals surface area contributed by atoms with E-state index in [0.29, 0.717) is 55.3 Å². The second kappa shape index (κ2) is 49.5. The van der Waals surface area contributed by atoms with Gasteiger partial charge < -0.3 is 0 Å². The molecule has 5 aliphatic carbocycles. The first-order valence-corrected chi connectivity index (χ1v) is 49.1. The lowest BCUT2D eigenvalue weighted by molar-refractivity contribution is -0.196. The fourth-order valence-corrected chi connectivity index (χ4v) is 25.7. The molecule has 5 aromatic carbocycles. The zero-order chi connectivity index (χ0) is 84.4. The van der Waals surface area contributed by atoms with Gasteiger partial charge in [-0.3, -0.25) is 0 Å². The molecular formula is C109H150F5N5. The van der Waals surface area contributed by atoms with E-state index in [9.17, 15) is 26.3 Å². The third kappa shape index (κ3) is 25.2. The second-order valence-corrected chi connectivity index (χ2v) is 39.1. The summed E-state index contributed by atoms with van der Waals surface area (Å²) in [6, 6.07) is 38.4. The molecule has 0 spiro atoms. The summed E-state index contributed by atoms with van der Waals surface area (Å²) in [5, 5.41) is 54.3. The first-order valence-electron chi connectivity index (χ1n) is 49.1. The molecule has 0 radical (unpaired) electrons. The van der Waals surface area contributed by atoms with Crippen molar-refractivity contribution < 1.29 is 22.0 Å². The fraction of sp³-hybridized carbons (Fsp3) is 0.679. The molecule has 119 heavy (non-hydrogen) atoms. The van der Waals surface area contributed by atoms with Crippen molar-refractivity contribution in [1.29, 1.82) is 26.3 Å². The summed E-state index contributed by atoms with van der Waals surface area (Å²) in [4.78, 5) is 0. The van der Waals surface area contributed by atoms with Crippen molar-refractivity contribution in [2.75, 3.05) is 0 Å². The van der Waals surface area contributed by atoms with Gasteiger partial charge in [-0.05, 0) is 267 Å². The molecule has 0 N–H and O–H groups in total. The van der Waals surface area contributed by atoms with Crippen molar-refractivity contribution in [1.82, 2.24) is 0 Å². The lowest BCUT2D eigenvalue weighted by Gasteiger charge is -2.72. The lowest BCUT2D eigenvalue weighted by atomic mass is 9.31. The number of benzene rings is 5. The van der Waals surface area contributed by atoms with Gasteiger partial charge >= 0.3 is 0 Å². The molecule has 5 saturated carbocycles. The van der Waals surface area contributed by atoms with E-state index >= 15 is 22.0 Å². The van der Waals surface area contributed by atoms with Crippen molar-refractivity contribution in [2.24, 2.45) is 88.3 Å².